The first-order valence-corrected chi connectivity index (χ1v) is 7.29. The number of pyridine rings is 1. The largest absolute Gasteiger partial charge is 0.368 e. The molecule has 2 aromatic heterocycles. The molecule has 1 aliphatic rings. The van der Waals surface area contributed by atoms with Gasteiger partial charge in [0.25, 0.3) is 0 Å². The van der Waals surface area contributed by atoms with Gasteiger partial charge in [0.1, 0.15) is 11.9 Å². The molecule has 1 saturated heterocycles. The molecule has 2 aromatic rings. The molecule has 3 rings (SSSR count). The Morgan fingerprint density at radius 3 is 2.90 bits per heavy atom. The topological polar surface area (TPSA) is 57.7 Å². The molecule has 5 nitrogen and oxygen atoms in total. The maximum atomic E-state index is 9.14. The maximum Gasteiger partial charge on any atom is 0.111 e. The quantitative estimate of drug-likeness (QED) is 0.863. The van der Waals surface area contributed by atoms with E-state index in [-0.39, 0.29) is 0 Å². The van der Waals surface area contributed by atoms with Gasteiger partial charge in [-0.15, -0.1) is 0 Å². The SMILES string of the molecule is CC(C)c1nccn1CC1CN(c2cnccc2C#N)C1. The third kappa shape index (κ3) is 2.62. The summed E-state index contributed by atoms with van der Waals surface area (Å²) in [7, 11) is 0. The summed E-state index contributed by atoms with van der Waals surface area (Å²) in [6.07, 6.45) is 7.38. The van der Waals surface area contributed by atoms with Gasteiger partial charge in [0, 0.05) is 50.1 Å². The summed E-state index contributed by atoms with van der Waals surface area (Å²) in [4.78, 5) is 10.8. The molecule has 0 spiro atoms. The van der Waals surface area contributed by atoms with Gasteiger partial charge in [0.05, 0.1) is 17.4 Å². The lowest BCUT2D eigenvalue weighted by Crippen LogP contribution is -2.49. The van der Waals surface area contributed by atoms with E-state index in [4.69, 9.17) is 5.26 Å². The molecule has 5 heteroatoms. The van der Waals surface area contributed by atoms with Crippen LogP contribution < -0.4 is 4.90 Å². The molecule has 0 aliphatic carbocycles. The number of aromatic nitrogens is 3. The molecular weight excluding hydrogens is 262 g/mol. The van der Waals surface area contributed by atoms with Crippen LogP contribution in [-0.2, 0) is 6.54 Å². The number of hydrogen-bond donors (Lipinski definition) is 0. The second kappa shape index (κ2) is 5.57. The van der Waals surface area contributed by atoms with E-state index in [2.05, 4.69) is 45.5 Å². The number of imidazole rings is 1. The van der Waals surface area contributed by atoms with Crippen LogP contribution in [0.25, 0.3) is 0 Å². The van der Waals surface area contributed by atoms with Gasteiger partial charge in [-0.2, -0.15) is 5.26 Å². The Balaban J connectivity index is 1.64. The lowest BCUT2D eigenvalue weighted by molar-refractivity contribution is 0.350. The van der Waals surface area contributed by atoms with E-state index in [1.165, 1.54) is 0 Å². The third-order valence-corrected chi connectivity index (χ3v) is 3.94. The van der Waals surface area contributed by atoms with Crippen molar-refractivity contribution in [1.29, 1.82) is 5.26 Å². The Morgan fingerprint density at radius 1 is 1.38 bits per heavy atom. The average Bonchev–Trinajstić information content (AvgIpc) is 2.91. The Kier molecular flexibility index (Phi) is 3.61. The van der Waals surface area contributed by atoms with Crippen LogP contribution in [-0.4, -0.2) is 27.6 Å². The van der Waals surface area contributed by atoms with Crippen LogP contribution in [0.3, 0.4) is 0 Å². The predicted octanol–water partition coefficient (Wildman–Crippen LogP) is 2.41. The molecule has 0 aromatic carbocycles. The van der Waals surface area contributed by atoms with Crippen LogP contribution in [0, 0.1) is 17.2 Å². The second-order valence-electron chi connectivity index (χ2n) is 5.87. The smallest absolute Gasteiger partial charge is 0.111 e. The summed E-state index contributed by atoms with van der Waals surface area (Å²) in [5, 5.41) is 9.14. The van der Waals surface area contributed by atoms with Gasteiger partial charge in [-0.3, -0.25) is 4.98 Å². The minimum Gasteiger partial charge on any atom is -0.368 e. The maximum absolute atomic E-state index is 9.14. The summed E-state index contributed by atoms with van der Waals surface area (Å²) in [5.74, 6) is 2.19. The number of anilines is 1. The fraction of sp³-hybridized carbons (Fsp3) is 0.438. The van der Waals surface area contributed by atoms with Crippen molar-refractivity contribution in [3.05, 3.63) is 42.2 Å². The molecule has 0 radical (unpaired) electrons. The van der Waals surface area contributed by atoms with Crippen molar-refractivity contribution < 1.29 is 0 Å². The molecular formula is C16H19N5. The normalized spacial score (nSPS) is 15.0. The van der Waals surface area contributed by atoms with E-state index in [0.717, 1.165) is 31.1 Å². The van der Waals surface area contributed by atoms with Crippen LogP contribution in [0.2, 0.25) is 0 Å². The minimum atomic E-state index is 0.444. The predicted molar refractivity (Wildman–Crippen MR) is 81.0 cm³/mol. The molecule has 3 heterocycles. The van der Waals surface area contributed by atoms with Gasteiger partial charge in [-0.1, -0.05) is 13.8 Å². The van der Waals surface area contributed by atoms with E-state index in [0.29, 0.717) is 17.4 Å². The van der Waals surface area contributed by atoms with Crippen molar-refractivity contribution >= 4 is 5.69 Å². The van der Waals surface area contributed by atoms with Crippen LogP contribution >= 0.6 is 0 Å². The van der Waals surface area contributed by atoms with E-state index >= 15 is 0 Å². The van der Waals surface area contributed by atoms with Crippen molar-refractivity contribution in [2.24, 2.45) is 5.92 Å². The molecule has 108 valence electrons. The van der Waals surface area contributed by atoms with Gasteiger partial charge in [0.15, 0.2) is 0 Å². The summed E-state index contributed by atoms with van der Waals surface area (Å²) < 4.78 is 2.25. The first-order valence-electron chi connectivity index (χ1n) is 7.29. The number of hydrogen-bond acceptors (Lipinski definition) is 4. The molecule has 21 heavy (non-hydrogen) atoms. The molecule has 1 aliphatic heterocycles. The lowest BCUT2D eigenvalue weighted by atomic mass is 9.98. The van der Waals surface area contributed by atoms with E-state index in [1.54, 1.807) is 18.5 Å². The second-order valence-corrected chi connectivity index (χ2v) is 5.87. The van der Waals surface area contributed by atoms with Crippen LogP contribution in [0.5, 0.6) is 0 Å². The molecule has 1 fully saturated rings. The molecule has 0 atom stereocenters. The highest BCUT2D eigenvalue weighted by Gasteiger charge is 2.29. The third-order valence-electron chi connectivity index (χ3n) is 3.94. The standard InChI is InChI=1S/C16H19N5/c1-12(2)16-19-5-6-20(16)9-13-10-21(11-13)15-8-18-4-3-14(15)7-17/h3-6,8,12-13H,9-11H2,1-2H3. The summed E-state index contributed by atoms with van der Waals surface area (Å²) in [5.41, 5.74) is 1.65. The highest BCUT2D eigenvalue weighted by molar-refractivity contribution is 5.59. The van der Waals surface area contributed by atoms with Gasteiger partial charge in [-0.05, 0) is 6.07 Å². The first-order chi connectivity index (χ1) is 10.2. The highest BCUT2D eigenvalue weighted by Crippen LogP contribution is 2.28. The van der Waals surface area contributed by atoms with Crippen LogP contribution in [0.4, 0.5) is 5.69 Å². The van der Waals surface area contributed by atoms with Crippen molar-refractivity contribution in [1.82, 2.24) is 14.5 Å². The van der Waals surface area contributed by atoms with Crippen LogP contribution in [0.1, 0.15) is 31.2 Å². The summed E-state index contributed by atoms with van der Waals surface area (Å²) in [6.45, 7) is 7.26. The zero-order chi connectivity index (χ0) is 14.8. The van der Waals surface area contributed by atoms with Gasteiger partial charge >= 0.3 is 0 Å². The zero-order valence-corrected chi connectivity index (χ0v) is 12.4. The van der Waals surface area contributed by atoms with Gasteiger partial charge in [0.2, 0.25) is 0 Å². The van der Waals surface area contributed by atoms with Crippen LogP contribution in [0.15, 0.2) is 30.9 Å². The summed E-state index contributed by atoms with van der Waals surface area (Å²) >= 11 is 0. The van der Waals surface area contributed by atoms with E-state index in [1.807, 2.05) is 6.20 Å². The number of rotatable bonds is 4. The molecule has 0 amide bonds. The Labute approximate surface area is 124 Å². The fourth-order valence-electron chi connectivity index (χ4n) is 2.87. The lowest BCUT2D eigenvalue weighted by Gasteiger charge is -2.41. The average molecular weight is 281 g/mol. The van der Waals surface area contributed by atoms with Gasteiger partial charge in [-0.25, -0.2) is 4.98 Å². The Bertz CT molecular complexity index is 661. The Morgan fingerprint density at radius 2 is 2.19 bits per heavy atom. The fourth-order valence-corrected chi connectivity index (χ4v) is 2.87. The molecule has 0 bridgehead atoms. The number of nitrogens with zero attached hydrogens (tertiary/aromatic N) is 5. The van der Waals surface area contributed by atoms with Crippen molar-refractivity contribution in [2.45, 2.75) is 26.3 Å². The molecule has 0 saturated carbocycles. The Hall–Kier alpha value is -2.35. The molecule has 0 N–H and O–H groups in total. The number of nitriles is 1. The van der Waals surface area contributed by atoms with Crippen molar-refractivity contribution in [3.8, 4) is 6.07 Å². The van der Waals surface area contributed by atoms with Crippen molar-refractivity contribution in [2.75, 3.05) is 18.0 Å². The minimum absolute atomic E-state index is 0.444. The highest BCUT2D eigenvalue weighted by atomic mass is 15.2. The zero-order valence-electron chi connectivity index (χ0n) is 12.4. The van der Waals surface area contributed by atoms with Gasteiger partial charge < -0.3 is 9.47 Å². The first kappa shape index (κ1) is 13.6. The summed E-state index contributed by atoms with van der Waals surface area (Å²) in [6, 6.07) is 4.01. The van der Waals surface area contributed by atoms with Crippen molar-refractivity contribution in [3.63, 3.8) is 0 Å². The molecule has 0 unspecified atom stereocenters. The van der Waals surface area contributed by atoms with E-state index < -0.39 is 0 Å². The van der Waals surface area contributed by atoms with E-state index in [9.17, 15) is 0 Å². The monoisotopic (exact) mass is 281 g/mol.